The molecule has 1 heterocycles. The highest BCUT2D eigenvalue weighted by Gasteiger charge is 2.30. The lowest BCUT2D eigenvalue weighted by atomic mass is 10.1. The van der Waals surface area contributed by atoms with Gasteiger partial charge in [-0.25, -0.2) is 4.79 Å². The van der Waals surface area contributed by atoms with Gasteiger partial charge in [0.2, 0.25) is 0 Å². The molecule has 3 aromatic rings. The second-order valence-corrected chi connectivity index (χ2v) is 6.96. The summed E-state index contributed by atoms with van der Waals surface area (Å²) < 4.78 is 45.8. The van der Waals surface area contributed by atoms with Crippen LogP contribution in [0, 0.1) is 0 Å². The van der Waals surface area contributed by atoms with Gasteiger partial charge in [0.25, 0.3) is 5.91 Å². The Morgan fingerprint density at radius 1 is 1.21 bits per heavy atom. The Hall–Kier alpha value is -3.20. The first-order valence-electron chi connectivity index (χ1n) is 8.33. The van der Waals surface area contributed by atoms with Gasteiger partial charge in [0.1, 0.15) is 0 Å². The maximum Gasteiger partial charge on any atom is 0.416 e. The van der Waals surface area contributed by atoms with Gasteiger partial charge in [0.15, 0.2) is 4.80 Å². The molecule has 150 valence electrons. The number of hydrogen-bond acceptors (Lipinski definition) is 4. The summed E-state index contributed by atoms with van der Waals surface area (Å²) in [7, 11) is 1.27. The van der Waals surface area contributed by atoms with E-state index >= 15 is 0 Å². The molecule has 0 fully saturated rings. The van der Waals surface area contributed by atoms with E-state index in [1.807, 2.05) is 0 Å². The number of aromatic nitrogens is 1. The molecule has 0 N–H and O–H groups in total. The zero-order valence-corrected chi connectivity index (χ0v) is 16.0. The van der Waals surface area contributed by atoms with Crippen molar-refractivity contribution in [2.75, 3.05) is 7.11 Å². The smallest absolute Gasteiger partial charge is 0.416 e. The number of nitrogens with zero attached hydrogens (tertiary/aromatic N) is 2. The molecule has 0 radical (unpaired) electrons. The molecule has 0 aliphatic carbocycles. The molecule has 9 heteroatoms. The average Bonchev–Trinajstić information content (AvgIpc) is 3.03. The molecular weight excluding hydrogens is 405 g/mol. The van der Waals surface area contributed by atoms with Crippen molar-refractivity contribution in [3.05, 3.63) is 76.6 Å². The van der Waals surface area contributed by atoms with Crippen molar-refractivity contribution in [2.24, 2.45) is 4.99 Å². The Morgan fingerprint density at radius 3 is 2.62 bits per heavy atom. The molecule has 0 aliphatic rings. The standard InChI is InChI=1S/C20H15F3N2O3S/c1-3-9-25-15-8-7-13(18(27)28-2)11-16(15)29-19(25)24-17(26)12-5-4-6-14(10-12)20(21,22)23/h3-8,10-11H,1,9H2,2H3. The summed E-state index contributed by atoms with van der Waals surface area (Å²) in [4.78, 5) is 28.5. The van der Waals surface area contributed by atoms with E-state index in [0.717, 1.165) is 29.5 Å². The van der Waals surface area contributed by atoms with Gasteiger partial charge in [0.05, 0.1) is 28.5 Å². The fraction of sp³-hybridized carbons (Fsp3) is 0.150. The molecule has 1 aromatic heterocycles. The summed E-state index contributed by atoms with van der Waals surface area (Å²) in [6, 6.07) is 8.99. The summed E-state index contributed by atoms with van der Waals surface area (Å²) in [6.07, 6.45) is -2.95. The molecule has 0 bridgehead atoms. The number of fused-ring (bicyclic) bond motifs is 1. The number of rotatable bonds is 4. The first-order chi connectivity index (χ1) is 13.7. The van der Waals surface area contributed by atoms with Crippen LogP contribution >= 0.6 is 11.3 Å². The molecule has 0 atom stereocenters. The molecule has 0 unspecified atom stereocenters. The Morgan fingerprint density at radius 2 is 1.97 bits per heavy atom. The van der Waals surface area contributed by atoms with Crippen LogP contribution in [-0.2, 0) is 17.5 Å². The Balaban J connectivity index is 2.11. The van der Waals surface area contributed by atoms with Gasteiger partial charge in [0, 0.05) is 12.1 Å². The predicted octanol–water partition coefficient (Wildman–Crippen LogP) is 4.44. The largest absolute Gasteiger partial charge is 0.465 e. The van der Waals surface area contributed by atoms with Crippen molar-refractivity contribution in [3.8, 4) is 0 Å². The van der Waals surface area contributed by atoms with Gasteiger partial charge in [-0.1, -0.05) is 23.5 Å². The SMILES string of the molecule is C=CCn1c(=NC(=O)c2cccc(C(F)(F)F)c2)sc2cc(C(=O)OC)ccc21. The van der Waals surface area contributed by atoms with E-state index in [1.54, 1.807) is 28.8 Å². The number of halogens is 3. The quantitative estimate of drug-likeness (QED) is 0.463. The Kier molecular flexibility index (Phi) is 5.69. The number of benzene rings is 2. The van der Waals surface area contributed by atoms with Crippen LogP contribution in [0.25, 0.3) is 10.2 Å². The highest BCUT2D eigenvalue weighted by Crippen LogP contribution is 2.29. The Labute approximate surface area is 167 Å². The lowest BCUT2D eigenvalue weighted by Gasteiger charge is -2.06. The zero-order valence-electron chi connectivity index (χ0n) is 15.2. The van der Waals surface area contributed by atoms with E-state index < -0.39 is 23.6 Å². The van der Waals surface area contributed by atoms with E-state index in [1.165, 1.54) is 13.2 Å². The third-order valence-electron chi connectivity index (χ3n) is 4.05. The van der Waals surface area contributed by atoms with Crippen LogP contribution in [-0.4, -0.2) is 23.6 Å². The Bertz CT molecular complexity index is 1180. The van der Waals surface area contributed by atoms with Crippen LogP contribution in [0.4, 0.5) is 13.2 Å². The van der Waals surface area contributed by atoms with Crippen LogP contribution in [0.3, 0.4) is 0 Å². The second kappa shape index (κ2) is 8.04. The first kappa shape index (κ1) is 20.5. The minimum atomic E-state index is -4.55. The van der Waals surface area contributed by atoms with Crippen molar-refractivity contribution in [3.63, 3.8) is 0 Å². The molecule has 0 saturated carbocycles. The zero-order chi connectivity index (χ0) is 21.2. The number of methoxy groups -OCH3 is 1. The van der Waals surface area contributed by atoms with Gasteiger partial charge >= 0.3 is 12.1 Å². The van der Waals surface area contributed by atoms with Gasteiger partial charge in [-0.3, -0.25) is 4.79 Å². The van der Waals surface area contributed by atoms with Crippen LogP contribution in [0.1, 0.15) is 26.3 Å². The van der Waals surface area contributed by atoms with Crippen molar-refractivity contribution in [2.45, 2.75) is 12.7 Å². The predicted molar refractivity (Wildman–Crippen MR) is 103 cm³/mol. The number of esters is 1. The summed E-state index contributed by atoms with van der Waals surface area (Å²) >= 11 is 1.14. The van der Waals surface area contributed by atoms with Gasteiger partial charge in [-0.05, 0) is 36.4 Å². The number of ether oxygens (including phenoxy) is 1. The third kappa shape index (κ3) is 4.29. The topological polar surface area (TPSA) is 60.7 Å². The van der Waals surface area contributed by atoms with Crippen LogP contribution in [0.2, 0.25) is 0 Å². The van der Waals surface area contributed by atoms with Gasteiger partial charge in [-0.15, -0.1) is 6.58 Å². The van der Waals surface area contributed by atoms with Crippen molar-refractivity contribution >= 4 is 33.4 Å². The summed E-state index contributed by atoms with van der Waals surface area (Å²) in [6.45, 7) is 4.00. The van der Waals surface area contributed by atoms with Crippen LogP contribution < -0.4 is 4.80 Å². The molecule has 2 aromatic carbocycles. The lowest BCUT2D eigenvalue weighted by Crippen LogP contribution is -2.16. The molecule has 3 rings (SSSR count). The number of carbonyl (C=O) groups is 2. The maximum atomic E-state index is 12.9. The molecule has 5 nitrogen and oxygen atoms in total. The highest BCUT2D eigenvalue weighted by atomic mass is 32.1. The van der Waals surface area contributed by atoms with Crippen molar-refractivity contribution < 1.29 is 27.5 Å². The monoisotopic (exact) mass is 420 g/mol. The molecule has 29 heavy (non-hydrogen) atoms. The van der Waals surface area contributed by atoms with Gasteiger partial charge in [-0.2, -0.15) is 18.2 Å². The second-order valence-electron chi connectivity index (χ2n) is 5.95. The van der Waals surface area contributed by atoms with Gasteiger partial charge < -0.3 is 9.30 Å². The lowest BCUT2D eigenvalue weighted by molar-refractivity contribution is -0.137. The highest BCUT2D eigenvalue weighted by molar-refractivity contribution is 7.16. The number of hydrogen-bond donors (Lipinski definition) is 0. The van der Waals surface area contributed by atoms with E-state index in [0.29, 0.717) is 22.3 Å². The summed E-state index contributed by atoms with van der Waals surface area (Å²) in [5, 5.41) is 0. The van der Waals surface area contributed by atoms with E-state index in [4.69, 9.17) is 4.74 Å². The average molecular weight is 420 g/mol. The first-order valence-corrected chi connectivity index (χ1v) is 9.15. The summed E-state index contributed by atoms with van der Waals surface area (Å²) in [5.41, 5.74) is -0.0461. The minimum Gasteiger partial charge on any atom is -0.465 e. The molecule has 0 aliphatic heterocycles. The number of carbonyl (C=O) groups excluding carboxylic acids is 2. The van der Waals surface area contributed by atoms with E-state index in [-0.39, 0.29) is 10.4 Å². The van der Waals surface area contributed by atoms with Crippen LogP contribution in [0.5, 0.6) is 0 Å². The maximum absolute atomic E-state index is 12.9. The van der Waals surface area contributed by atoms with E-state index in [9.17, 15) is 22.8 Å². The molecule has 0 spiro atoms. The number of allylic oxidation sites excluding steroid dienone is 1. The fourth-order valence-corrected chi connectivity index (χ4v) is 3.77. The number of thiazole rings is 1. The van der Waals surface area contributed by atoms with Crippen molar-refractivity contribution in [1.29, 1.82) is 0 Å². The van der Waals surface area contributed by atoms with Crippen LogP contribution in [0.15, 0.2) is 60.1 Å². The molecule has 0 saturated heterocycles. The van der Waals surface area contributed by atoms with E-state index in [2.05, 4.69) is 11.6 Å². The normalized spacial score (nSPS) is 12.2. The van der Waals surface area contributed by atoms with Crippen molar-refractivity contribution in [1.82, 2.24) is 4.57 Å². The molecular formula is C20H15F3N2O3S. The minimum absolute atomic E-state index is 0.169. The third-order valence-corrected chi connectivity index (χ3v) is 5.09. The number of amides is 1. The summed E-state index contributed by atoms with van der Waals surface area (Å²) in [5.74, 6) is -1.30. The molecule has 1 amide bonds. The number of alkyl halides is 3. The fourth-order valence-electron chi connectivity index (χ4n) is 2.69.